The van der Waals surface area contributed by atoms with E-state index in [0.29, 0.717) is 35.0 Å². The maximum atomic E-state index is 11.9. The molecule has 4 nitrogen and oxygen atoms in total. The van der Waals surface area contributed by atoms with Gasteiger partial charge in [0.15, 0.2) is 5.78 Å². The average Bonchev–Trinajstić information content (AvgIpc) is 2.54. The summed E-state index contributed by atoms with van der Waals surface area (Å²) in [7, 11) is 3.15. The molecule has 0 spiro atoms. The van der Waals surface area contributed by atoms with Crippen LogP contribution < -0.4 is 14.2 Å². The van der Waals surface area contributed by atoms with E-state index in [1.165, 1.54) is 0 Å². The number of Topliss-reactive ketones (excluding diaryl/α,β-unsaturated/α-hetero) is 1. The summed E-state index contributed by atoms with van der Waals surface area (Å²) < 4.78 is 16.3. The second-order valence-electron chi connectivity index (χ2n) is 4.42. The molecular weight excluding hydrogens is 268 g/mol. The number of para-hydroxylation sites is 1. The van der Waals surface area contributed by atoms with Crippen LogP contribution in [0, 0.1) is 0 Å². The van der Waals surface area contributed by atoms with Crippen molar-refractivity contribution in [1.82, 2.24) is 0 Å². The fourth-order valence-corrected chi connectivity index (χ4v) is 1.94. The van der Waals surface area contributed by atoms with Gasteiger partial charge in [-0.25, -0.2) is 0 Å². The van der Waals surface area contributed by atoms with Gasteiger partial charge in [-0.15, -0.1) is 0 Å². The van der Waals surface area contributed by atoms with E-state index in [1.807, 2.05) is 19.1 Å². The molecule has 2 aromatic rings. The summed E-state index contributed by atoms with van der Waals surface area (Å²) in [4.78, 5) is 11.9. The molecule has 0 aromatic heterocycles. The van der Waals surface area contributed by atoms with Crippen molar-refractivity contribution in [2.24, 2.45) is 0 Å². The van der Waals surface area contributed by atoms with Crippen LogP contribution in [0.5, 0.6) is 23.0 Å². The molecule has 0 bridgehead atoms. The predicted octanol–water partition coefficient (Wildman–Crippen LogP) is 4.09. The quantitative estimate of drug-likeness (QED) is 0.750. The molecule has 2 rings (SSSR count). The maximum Gasteiger partial charge on any atom is 0.166 e. The number of carbonyl (C=O) groups excluding carboxylic acids is 1. The van der Waals surface area contributed by atoms with Crippen LogP contribution >= 0.6 is 0 Å². The second kappa shape index (κ2) is 6.79. The average molecular weight is 286 g/mol. The Morgan fingerprint density at radius 2 is 1.52 bits per heavy atom. The predicted molar refractivity (Wildman–Crippen MR) is 80.7 cm³/mol. The SMILES string of the molecule is CCC(=O)c1ccccc1Oc1cc(OC)cc(OC)c1. The van der Waals surface area contributed by atoms with Gasteiger partial charge in [0.25, 0.3) is 0 Å². The lowest BCUT2D eigenvalue weighted by Crippen LogP contribution is -2.00. The number of ether oxygens (including phenoxy) is 3. The highest BCUT2D eigenvalue weighted by molar-refractivity contribution is 5.98. The van der Waals surface area contributed by atoms with Crippen LogP contribution in [-0.4, -0.2) is 20.0 Å². The molecule has 0 unspecified atom stereocenters. The van der Waals surface area contributed by atoms with Gasteiger partial charge in [-0.1, -0.05) is 19.1 Å². The largest absolute Gasteiger partial charge is 0.496 e. The Morgan fingerprint density at radius 1 is 0.952 bits per heavy atom. The van der Waals surface area contributed by atoms with E-state index in [9.17, 15) is 4.79 Å². The first-order chi connectivity index (χ1) is 10.2. The van der Waals surface area contributed by atoms with Crippen molar-refractivity contribution in [3.05, 3.63) is 48.0 Å². The third kappa shape index (κ3) is 3.54. The van der Waals surface area contributed by atoms with E-state index in [2.05, 4.69) is 0 Å². The van der Waals surface area contributed by atoms with E-state index in [4.69, 9.17) is 14.2 Å². The Bertz CT molecular complexity index is 612. The third-order valence-corrected chi connectivity index (χ3v) is 3.06. The number of rotatable bonds is 6. The molecule has 0 radical (unpaired) electrons. The van der Waals surface area contributed by atoms with Crippen molar-refractivity contribution in [1.29, 1.82) is 0 Å². The smallest absolute Gasteiger partial charge is 0.166 e. The highest BCUT2D eigenvalue weighted by atomic mass is 16.5. The fraction of sp³-hybridized carbons (Fsp3) is 0.235. The van der Waals surface area contributed by atoms with Crippen molar-refractivity contribution in [2.75, 3.05) is 14.2 Å². The summed E-state index contributed by atoms with van der Waals surface area (Å²) in [6.45, 7) is 1.83. The minimum atomic E-state index is 0.0421. The molecule has 0 amide bonds. The van der Waals surface area contributed by atoms with E-state index < -0.39 is 0 Å². The molecule has 0 atom stereocenters. The number of methoxy groups -OCH3 is 2. The Balaban J connectivity index is 2.36. The van der Waals surface area contributed by atoms with Gasteiger partial charge in [0.1, 0.15) is 23.0 Å². The Hall–Kier alpha value is -2.49. The summed E-state index contributed by atoms with van der Waals surface area (Å²) in [5.74, 6) is 2.38. The Kier molecular flexibility index (Phi) is 4.82. The number of hydrogen-bond acceptors (Lipinski definition) is 4. The zero-order valence-electron chi connectivity index (χ0n) is 12.4. The lowest BCUT2D eigenvalue weighted by atomic mass is 10.1. The number of hydrogen-bond donors (Lipinski definition) is 0. The molecule has 4 heteroatoms. The molecule has 0 aliphatic carbocycles. The van der Waals surface area contributed by atoms with Crippen molar-refractivity contribution in [3.8, 4) is 23.0 Å². The molecule has 110 valence electrons. The summed E-state index contributed by atoms with van der Waals surface area (Å²) in [5, 5.41) is 0. The molecule has 0 aliphatic heterocycles. The van der Waals surface area contributed by atoms with E-state index in [-0.39, 0.29) is 5.78 Å². The molecular formula is C17H18O4. The van der Waals surface area contributed by atoms with Crippen LogP contribution in [0.15, 0.2) is 42.5 Å². The lowest BCUT2D eigenvalue weighted by Gasteiger charge is -2.12. The minimum absolute atomic E-state index is 0.0421. The van der Waals surface area contributed by atoms with E-state index >= 15 is 0 Å². The van der Waals surface area contributed by atoms with Crippen LogP contribution in [-0.2, 0) is 0 Å². The van der Waals surface area contributed by atoms with Gasteiger partial charge in [-0.05, 0) is 12.1 Å². The molecule has 0 saturated heterocycles. The molecule has 0 N–H and O–H groups in total. The van der Waals surface area contributed by atoms with Crippen molar-refractivity contribution in [2.45, 2.75) is 13.3 Å². The summed E-state index contributed by atoms with van der Waals surface area (Å²) in [5.41, 5.74) is 0.571. The van der Waals surface area contributed by atoms with Crippen LogP contribution in [0.3, 0.4) is 0 Å². The monoisotopic (exact) mass is 286 g/mol. The molecule has 21 heavy (non-hydrogen) atoms. The number of carbonyl (C=O) groups is 1. The zero-order valence-corrected chi connectivity index (χ0v) is 12.4. The van der Waals surface area contributed by atoms with Gasteiger partial charge < -0.3 is 14.2 Å². The van der Waals surface area contributed by atoms with Crippen LogP contribution in [0.1, 0.15) is 23.7 Å². The fourth-order valence-electron chi connectivity index (χ4n) is 1.94. The minimum Gasteiger partial charge on any atom is -0.496 e. The summed E-state index contributed by atoms with van der Waals surface area (Å²) in [6.07, 6.45) is 0.432. The van der Waals surface area contributed by atoms with Crippen molar-refractivity contribution < 1.29 is 19.0 Å². The van der Waals surface area contributed by atoms with Crippen molar-refractivity contribution in [3.63, 3.8) is 0 Å². The van der Waals surface area contributed by atoms with E-state index in [0.717, 1.165) is 0 Å². The van der Waals surface area contributed by atoms with Gasteiger partial charge >= 0.3 is 0 Å². The summed E-state index contributed by atoms with van der Waals surface area (Å²) >= 11 is 0. The molecule has 0 aliphatic rings. The molecule has 0 fully saturated rings. The van der Waals surface area contributed by atoms with Crippen LogP contribution in [0.2, 0.25) is 0 Å². The second-order valence-corrected chi connectivity index (χ2v) is 4.42. The van der Waals surface area contributed by atoms with Gasteiger partial charge in [0.2, 0.25) is 0 Å². The highest BCUT2D eigenvalue weighted by Crippen LogP contribution is 2.32. The maximum absolute atomic E-state index is 11.9. The van der Waals surface area contributed by atoms with Gasteiger partial charge in [-0.3, -0.25) is 4.79 Å². The topological polar surface area (TPSA) is 44.8 Å². The van der Waals surface area contributed by atoms with Gasteiger partial charge in [0, 0.05) is 24.6 Å². The first-order valence-corrected chi connectivity index (χ1v) is 6.71. The van der Waals surface area contributed by atoms with Crippen molar-refractivity contribution >= 4 is 5.78 Å². The molecule has 0 heterocycles. The Labute approximate surface area is 124 Å². The normalized spacial score (nSPS) is 10.0. The third-order valence-electron chi connectivity index (χ3n) is 3.06. The number of benzene rings is 2. The van der Waals surface area contributed by atoms with E-state index in [1.54, 1.807) is 44.6 Å². The zero-order chi connectivity index (χ0) is 15.2. The first-order valence-electron chi connectivity index (χ1n) is 6.71. The summed E-state index contributed by atoms with van der Waals surface area (Å²) in [6, 6.07) is 12.4. The van der Waals surface area contributed by atoms with Crippen LogP contribution in [0.4, 0.5) is 0 Å². The molecule has 2 aromatic carbocycles. The highest BCUT2D eigenvalue weighted by Gasteiger charge is 2.12. The lowest BCUT2D eigenvalue weighted by molar-refractivity contribution is 0.0986. The molecule has 0 saturated carbocycles. The first kappa shape index (κ1) is 14.9. The Morgan fingerprint density at radius 3 is 2.10 bits per heavy atom. The van der Waals surface area contributed by atoms with Gasteiger partial charge in [-0.2, -0.15) is 0 Å². The standard InChI is InChI=1S/C17H18O4/c1-4-16(18)15-7-5-6-8-17(15)21-14-10-12(19-2)9-13(11-14)20-3/h5-11H,4H2,1-3H3. The van der Waals surface area contributed by atoms with Crippen LogP contribution in [0.25, 0.3) is 0 Å². The number of ketones is 1. The van der Waals surface area contributed by atoms with Gasteiger partial charge in [0.05, 0.1) is 19.8 Å².